The fourth-order valence-electron chi connectivity index (χ4n) is 6.57. The standard InChI is InChI=1S/C46H30N4/c1-3-8-31(9-4-1)32-18-21-37(22-19-32)45-48-44(36-10-5-2-6-11-36)49-46(50-45)41-13-7-12-38(29-41)33-14-16-34(17-15-33)39-24-25-42-40(28-39)23-20-35-26-27-47-30-43(35)42/h1-30H. The molecule has 2 aromatic heterocycles. The fourth-order valence-corrected chi connectivity index (χ4v) is 6.57. The van der Waals surface area contributed by atoms with Crippen molar-refractivity contribution >= 4 is 21.5 Å². The maximum Gasteiger partial charge on any atom is 0.164 e. The zero-order chi connectivity index (χ0) is 33.3. The van der Waals surface area contributed by atoms with E-state index in [1.54, 1.807) is 0 Å². The largest absolute Gasteiger partial charge is 0.264 e. The molecule has 0 fully saturated rings. The van der Waals surface area contributed by atoms with Gasteiger partial charge in [-0.1, -0.05) is 152 Å². The fraction of sp³-hybridized carbons (Fsp3) is 0. The predicted octanol–water partition coefficient (Wildman–Crippen LogP) is 11.6. The molecule has 0 spiro atoms. The van der Waals surface area contributed by atoms with Crippen molar-refractivity contribution in [2.45, 2.75) is 0 Å². The minimum absolute atomic E-state index is 0.637. The average Bonchev–Trinajstić information content (AvgIpc) is 3.21. The molecule has 7 aromatic carbocycles. The van der Waals surface area contributed by atoms with Crippen LogP contribution < -0.4 is 0 Å². The van der Waals surface area contributed by atoms with Crippen LogP contribution in [0.5, 0.6) is 0 Å². The van der Waals surface area contributed by atoms with E-state index < -0.39 is 0 Å². The molecule has 0 saturated carbocycles. The Balaban J connectivity index is 1.05. The molecule has 0 aliphatic carbocycles. The second-order valence-corrected chi connectivity index (χ2v) is 12.4. The number of benzene rings is 7. The van der Waals surface area contributed by atoms with Gasteiger partial charge in [-0.3, -0.25) is 4.98 Å². The van der Waals surface area contributed by atoms with Gasteiger partial charge in [0.25, 0.3) is 0 Å². The highest BCUT2D eigenvalue weighted by Crippen LogP contribution is 2.33. The Kier molecular flexibility index (Phi) is 7.45. The van der Waals surface area contributed by atoms with E-state index in [9.17, 15) is 0 Å². The lowest BCUT2D eigenvalue weighted by Crippen LogP contribution is -2.00. The third kappa shape index (κ3) is 5.69. The lowest BCUT2D eigenvalue weighted by Gasteiger charge is -2.11. The van der Waals surface area contributed by atoms with Crippen LogP contribution in [-0.4, -0.2) is 19.9 Å². The molecule has 0 bridgehead atoms. The summed E-state index contributed by atoms with van der Waals surface area (Å²) in [6.45, 7) is 0. The number of fused-ring (bicyclic) bond motifs is 3. The van der Waals surface area contributed by atoms with Crippen LogP contribution in [0.4, 0.5) is 0 Å². The van der Waals surface area contributed by atoms with E-state index in [0.29, 0.717) is 17.5 Å². The van der Waals surface area contributed by atoms with Crippen LogP contribution in [-0.2, 0) is 0 Å². The van der Waals surface area contributed by atoms with Crippen molar-refractivity contribution in [1.82, 2.24) is 19.9 Å². The Morgan fingerprint density at radius 2 is 0.740 bits per heavy atom. The molecule has 234 valence electrons. The molecule has 2 heterocycles. The summed E-state index contributed by atoms with van der Waals surface area (Å²) in [6, 6.07) is 59.2. The molecule has 0 N–H and O–H groups in total. The molecule has 0 radical (unpaired) electrons. The summed E-state index contributed by atoms with van der Waals surface area (Å²) in [5.74, 6) is 1.92. The van der Waals surface area contributed by atoms with Gasteiger partial charge in [0, 0.05) is 34.5 Å². The maximum atomic E-state index is 5.01. The summed E-state index contributed by atoms with van der Waals surface area (Å²) in [5, 5.41) is 4.80. The summed E-state index contributed by atoms with van der Waals surface area (Å²) in [5.41, 5.74) is 9.73. The van der Waals surface area contributed by atoms with Crippen LogP contribution in [0.25, 0.3) is 89.1 Å². The number of aromatic nitrogens is 4. The van der Waals surface area contributed by atoms with Crippen molar-refractivity contribution in [2.75, 3.05) is 0 Å². The smallest absolute Gasteiger partial charge is 0.164 e. The molecule has 4 nitrogen and oxygen atoms in total. The molecule has 0 amide bonds. The average molecular weight is 639 g/mol. The summed E-state index contributed by atoms with van der Waals surface area (Å²) in [7, 11) is 0. The van der Waals surface area contributed by atoms with E-state index >= 15 is 0 Å². The zero-order valence-corrected chi connectivity index (χ0v) is 27.1. The highest BCUT2D eigenvalue weighted by Gasteiger charge is 2.14. The lowest BCUT2D eigenvalue weighted by molar-refractivity contribution is 1.07. The Bertz CT molecular complexity index is 2620. The molecule has 0 aliphatic rings. The number of rotatable bonds is 6. The van der Waals surface area contributed by atoms with Gasteiger partial charge in [0.2, 0.25) is 0 Å². The molecule has 0 atom stereocenters. The molecule has 0 aliphatic heterocycles. The van der Waals surface area contributed by atoms with Gasteiger partial charge in [0.15, 0.2) is 17.5 Å². The molecule has 9 aromatic rings. The second-order valence-electron chi connectivity index (χ2n) is 12.4. The first kappa shape index (κ1) is 29.4. The summed E-state index contributed by atoms with van der Waals surface area (Å²) in [4.78, 5) is 19.3. The Morgan fingerprint density at radius 3 is 1.42 bits per heavy atom. The topological polar surface area (TPSA) is 51.6 Å². The maximum absolute atomic E-state index is 5.01. The highest BCUT2D eigenvalue weighted by atomic mass is 15.0. The Hall–Kier alpha value is -6.78. The molecular weight excluding hydrogens is 609 g/mol. The zero-order valence-electron chi connectivity index (χ0n) is 27.1. The highest BCUT2D eigenvalue weighted by molar-refractivity contribution is 6.08. The van der Waals surface area contributed by atoms with E-state index in [2.05, 4.69) is 138 Å². The summed E-state index contributed by atoms with van der Waals surface area (Å²) < 4.78 is 0. The first-order chi connectivity index (χ1) is 24.7. The molecule has 0 saturated heterocycles. The lowest BCUT2D eigenvalue weighted by atomic mass is 9.96. The van der Waals surface area contributed by atoms with Crippen LogP contribution in [0.2, 0.25) is 0 Å². The van der Waals surface area contributed by atoms with Crippen molar-refractivity contribution in [3.05, 3.63) is 182 Å². The Labute approximate surface area is 290 Å². The quantitative estimate of drug-likeness (QED) is 0.170. The van der Waals surface area contributed by atoms with E-state index in [1.165, 1.54) is 38.2 Å². The minimum Gasteiger partial charge on any atom is -0.264 e. The number of hydrogen-bond donors (Lipinski definition) is 0. The van der Waals surface area contributed by atoms with E-state index in [4.69, 9.17) is 15.0 Å². The van der Waals surface area contributed by atoms with E-state index in [0.717, 1.165) is 33.4 Å². The molecule has 50 heavy (non-hydrogen) atoms. The van der Waals surface area contributed by atoms with Crippen LogP contribution >= 0.6 is 0 Å². The van der Waals surface area contributed by atoms with Crippen molar-refractivity contribution in [3.63, 3.8) is 0 Å². The van der Waals surface area contributed by atoms with Gasteiger partial charge in [-0.05, 0) is 67.7 Å². The molecule has 9 rings (SSSR count). The minimum atomic E-state index is 0.637. The molecule has 4 heteroatoms. The third-order valence-corrected chi connectivity index (χ3v) is 9.23. The number of nitrogens with zero attached hydrogens (tertiary/aromatic N) is 4. The van der Waals surface area contributed by atoms with Crippen LogP contribution in [0.1, 0.15) is 0 Å². The third-order valence-electron chi connectivity index (χ3n) is 9.23. The number of hydrogen-bond acceptors (Lipinski definition) is 4. The summed E-state index contributed by atoms with van der Waals surface area (Å²) in [6.07, 6.45) is 3.79. The van der Waals surface area contributed by atoms with Gasteiger partial charge < -0.3 is 0 Å². The van der Waals surface area contributed by atoms with Gasteiger partial charge in [0.1, 0.15) is 0 Å². The van der Waals surface area contributed by atoms with E-state index in [-0.39, 0.29) is 0 Å². The van der Waals surface area contributed by atoms with Gasteiger partial charge in [-0.15, -0.1) is 0 Å². The van der Waals surface area contributed by atoms with Gasteiger partial charge in [0.05, 0.1) is 0 Å². The van der Waals surface area contributed by atoms with Crippen molar-refractivity contribution < 1.29 is 0 Å². The molecular formula is C46H30N4. The monoisotopic (exact) mass is 638 g/mol. The van der Waals surface area contributed by atoms with Crippen LogP contribution in [0, 0.1) is 0 Å². The van der Waals surface area contributed by atoms with E-state index in [1.807, 2.05) is 48.8 Å². The first-order valence-electron chi connectivity index (χ1n) is 16.7. The normalized spacial score (nSPS) is 11.2. The van der Waals surface area contributed by atoms with Gasteiger partial charge in [-0.25, -0.2) is 15.0 Å². The van der Waals surface area contributed by atoms with Crippen molar-refractivity contribution in [3.8, 4) is 67.5 Å². The predicted molar refractivity (Wildman–Crippen MR) is 205 cm³/mol. The first-order valence-corrected chi connectivity index (χ1v) is 16.7. The van der Waals surface area contributed by atoms with Crippen molar-refractivity contribution in [2.24, 2.45) is 0 Å². The van der Waals surface area contributed by atoms with Gasteiger partial charge in [-0.2, -0.15) is 0 Å². The van der Waals surface area contributed by atoms with Crippen LogP contribution in [0.15, 0.2) is 182 Å². The van der Waals surface area contributed by atoms with Gasteiger partial charge >= 0.3 is 0 Å². The summed E-state index contributed by atoms with van der Waals surface area (Å²) >= 11 is 0. The van der Waals surface area contributed by atoms with Crippen molar-refractivity contribution in [1.29, 1.82) is 0 Å². The van der Waals surface area contributed by atoms with Crippen LogP contribution in [0.3, 0.4) is 0 Å². The Morgan fingerprint density at radius 1 is 0.280 bits per heavy atom. The number of pyridine rings is 1. The SMILES string of the molecule is c1ccc(-c2ccc(-c3nc(-c4ccccc4)nc(-c4cccc(-c5ccc(-c6ccc7c(ccc8ccncc87)c6)cc5)c4)n3)cc2)cc1. The second kappa shape index (κ2) is 12.7. The molecule has 0 unspecified atom stereocenters.